The smallest absolute Gasteiger partial charge is 0.329 e. The number of amides is 1. The number of carboxylic acids is 1. The van der Waals surface area contributed by atoms with E-state index in [1.807, 2.05) is 0 Å². The number of nitrogens with two attached hydrogens (primary N) is 1. The van der Waals surface area contributed by atoms with Crippen LogP contribution in [0.4, 0.5) is 5.69 Å². The number of rotatable bonds is 3. The lowest BCUT2D eigenvalue weighted by Gasteiger charge is -2.34. The molecule has 0 radical (unpaired) electrons. The molecule has 1 aliphatic carbocycles. The van der Waals surface area contributed by atoms with Crippen LogP contribution in [0.15, 0.2) is 22.7 Å². The summed E-state index contributed by atoms with van der Waals surface area (Å²) in [5, 5.41) is 12.1. The van der Waals surface area contributed by atoms with Crippen LogP contribution in [0.3, 0.4) is 0 Å². The van der Waals surface area contributed by atoms with Crippen molar-refractivity contribution in [1.82, 2.24) is 5.32 Å². The number of benzene rings is 1. The van der Waals surface area contributed by atoms with Crippen molar-refractivity contribution in [3.63, 3.8) is 0 Å². The molecule has 1 saturated carbocycles. The van der Waals surface area contributed by atoms with E-state index in [-0.39, 0.29) is 0 Å². The van der Waals surface area contributed by atoms with Crippen LogP contribution in [0, 0.1) is 0 Å². The minimum Gasteiger partial charge on any atom is -0.480 e. The summed E-state index contributed by atoms with van der Waals surface area (Å²) < 4.78 is 0.708. The molecule has 1 aromatic rings. The Morgan fingerprint density at radius 1 is 1.25 bits per heavy atom. The molecule has 1 amide bonds. The molecule has 0 unspecified atom stereocenters. The lowest BCUT2D eigenvalue weighted by atomic mass is 9.81. The largest absolute Gasteiger partial charge is 0.480 e. The molecular weight excluding hydrogens is 324 g/mol. The molecule has 4 N–H and O–H groups in total. The van der Waals surface area contributed by atoms with E-state index in [9.17, 15) is 14.7 Å². The van der Waals surface area contributed by atoms with Crippen molar-refractivity contribution in [1.29, 1.82) is 0 Å². The number of halogens is 1. The second kappa shape index (κ2) is 5.83. The molecular formula is C14H17BrN2O3. The first-order chi connectivity index (χ1) is 9.44. The van der Waals surface area contributed by atoms with Gasteiger partial charge >= 0.3 is 5.97 Å². The molecule has 0 atom stereocenters. The molecule has 6 heteroatoms. The van der Waals surface area contributed by atoms with E-state index in [0.29, 0.717) is 28.6 Å². The first-order valence-electron chi connectivity index (χ1n) is 6.55. The van der Waals surface area contributed by atoms with Gasteiger partial charge in [0.25, 0.3) is 5.91 Å². The van der Waals surface area contributed by atoms with Crippen LogP contribution in [-0.4, -0.2) is 22.5 Å². The Kier molecular flexibility index (Phi) is 4.32. The summed E-state index contributed by atoms with van der Waals surface area (Å²) in [6, 6.07) is 4.84. The van der Waals surface area contributed by atoms with Crippen LogP contribution in [0.25, 0.3) is 0 Å². The number of hydrogen-bond acceptors (Lipinski definition) is 3. The molecule has 0 heterocycles. The SMILES string of the molecule is Nc1cc(C(=O)NC2(C(=O)O)CCCCC2)ccc1Br. The normalized spacial score (nSPS) is 17.4. The summed E-state index contributed by atoms with van der Waals surface area (Å²) in [5.74, 6) is -1.36. The molecule has 20 heavy (non-hydrogen) atoms. The third-order valence-electron chi connectivity index (χ3n) is 3.73. The average Bonchev–Trinajstić information content (AvgIpc) is 2.42. The summed E-state index contributed by atoms with van der Waals surface area (Å²) in [7, 11) is 0. The lowest BCUT2D eigenvalue weighted by molar-refractivity contribution is -0.145. The quantitative estimate of drug-likeness (QED) is 0.737. The van der Waals surface area contributed by atoms with E-state index in [0.717, 1.165) is 19.3 Å². The number of carbonyl (C=O) groups excluding carboxylic acids is 1. The maximum atomic E-state index is 12.2. The maximum Gasteiger partial charge on any atom is 0.329 e. The number of nitrogen functional groups attached to an aromatic ring is 1. The Balaban J connectivity index is 2.20. The van der Waals surface area contributed by atoms with Crippen molar-refractivity contribution in [2.45, 2.75) is 37.6 Å². The number of carbonyl (C=O) groups is 2. The van der Waals surface area contributed by atoms with Gasteiger partial charge in [0.15, 0.2) is 0 Å². The molecule has 0 bridgehead atoms. The van der Waals surface area contributed by atoms with Gasteiger partial charge in [-0.15, -0.1) is 0 Å². The zero-order chi connectivity index (χ0) is 14.8. The highest BCUT2D eigenvalue weighted by Crippen LogP contribution is 2.29. The Bertz CT molecular complexity index is 539. The van der Waals surface area contributed by atoms with Gasteiger partial charge < -0.3 is 16.2 Å². The van der Waals surface area contributed by atoms with Gasteiger partial charge in [-0.05, 0) is 47.0 Å². The summed E-state index contributed by atoms with van der Waals surface area (Å²) in [6.45, 7) is 0. The minimum atomic E-state index is -1.14. The van der Waals surface area contributed by atoms with Crippen LogP contribution in [-0.2, 0) is 4.79 Å². The van der Waals surface area contributed by atoms with E-state index in [4.69, 9.17) is 5.73 Å². The number of nitrogens with one attached hydrogen (secondary N) is 1. The Labute approximate surface area is 125 Å². The van der Waals surface area contributed by atoms with Crippen LogP contribution in [0.5, 0.6) is 0 Å². The van der Waals surface area contributed by atoms with Gasteiger partial charge in [0, 0.05) is 15.7 Å². The van der Waals surface area contributed by atoms with Crippen LogP contribution in [0.1, 0.15) is 42.5 Å². The van der Waals surface area contributed by atoms with E-state index >= 15 is 0 Å². The van der Waals surface area contributed by atoms with E-state index in [1.54, 1.807) is 12.1 Å². The van der Waals surface area contributed by atoms with Crippen LogP contribution in [0.2, 0.25) is 0 Å². The predicted octanol–water partition coefficient (Wildman–Crippen LogP) is 2.55. The molecule has 0 saturated heterocycles. The Hall–Kier alpha value is -1.56. The molecule has 0 spiro atoms. The minimum absolute atomic E-state index is 0.372. The van der Waals surface area contributed by atoms with E-state index in [2.05, 4.69) is 21.2 Å². The second-order valence-corrected chi connectivity index (χ2v) is 5.99. The Morgan fingerprint density at radius 2 is 1.90 bits per heavy atom. The second-order valence-electron chi connectivity index (χ2n) is 5.14. The topological polar surface area (TPSA) is 92.4 Å². The fourth-order valence-corrected chi connectivity index (χ4v) is 2.77. The molecule has 1 aliphatic rings. The van der Waals surface area contributed by atoms with Gasteiger partial charge in [-0.1, -0.05) is 19.3 Å². The summed E-state index contributed by atoms with van der Waals surface area (Å²) in [5.41, 5.74) is 5.42. The van der Waals surface area contributed by atoms with Gasteiger partial charge in [0.1, 0.15) is 5.54 Å². The zero-order valence-electron chi connectivity index (χ0n) is 11.0. The third-order valence-corrected chi connectivity index (χ3v) is 4.45. The number of carboxylic acid groups (broad SMARTS) is 1. The molecule has 1 aromatic carbocycles. The van der Waals surface area contributed by atoms with Crippen molar-refractivity contribution in [2.24, 2.45) is 0 Å². The molecule has 2 rings (SSSR count). The van der Waals surface area contributed by atoms with Crippen molar-refractivity contribution < 1.29 is 14.7 Å². The highest BCUT2D eigenvalue weighted by Gasteiger charge is 2.41. The lowest BCUT2D eigenvalue weighted by Crippen LogP contribution is -2.55. The average molecular weight is 341 g/mol. The first kappa shape index (κ1) is 14.8. The van der Waals surface area contributed by atoms with Gasteiger partial charge in [0.2, 0.25) is 0 Å². The van der Waals surface area contributed by atoms with E-state index < -0.39 is 17.4 Å². The number of aliphatic carboxylic acids is 1. The van der Waals surface area contributed by atoms with Crippen LogP contribution >= 0.6 is 15.9 Å². The highest BCUT2D eigenvalue weighted by molar-refractivity contribution is 9.10. The number of anilines is 1. The molecule has 108 valence electrons. The fraction of sp³-hybridized carbons (Fsp3) is 0.429. The number of hydrogen-bond donors (Lipinski definition) is 3. The fourth-order valence-electron chi connectivity index (χ4n) is 2.52. The summed E-state index contributed by atoms with van der Waals surface area (Å²) >= 11 is 3.26. The van der Waals surface area contributed by atoms with Crippen molar-refractivity contribution in [3.8, 4) is 0 Å². The third kappa shape index (κ3) is 2.95. The highest BCUT2D eigenvalue weighted by atomic mass is 79.9. The standard InChI is InChI=1S/C14H17BrN2O3/c15-10-5-4-9(8-11(10)16)12(18)17-14(13(19)20)6-2-1-3-7-14/h4-5,8H,1-3,6-7,16H2,(H,17,18)(H,19,20). The van der Waals surface area contributed by atoms with E-state index in [1.165, 1.54) is 6.07 Å². The molecule has 0 aliphatic heterocycles. The monoisotopic (exact) mass is 340 g/mol. The van der Waals surface area contributed by atoms with Gasteiger partial charge in [-0.3, -0.25) is 4.79 Å². The van der Waals surface area contributed by atoms with Gasteiger partial charge in [0.05, 0.1) is 0 Å². The molecule has 1 fully saturated rings. The van der Waals surface area contributed by atoms with Crippen LogP contribution < -0.4 is 11.1 Å². The molecule has 0 aromatic heterocycles. The Morgan fingerprint density at radius 3 is 2.45 bits per heavy atom. The maximum absolute atomic E-state index is 12.2. The van der Waals surface area contributed by atoms with Crippen molar-refractivity contribution in [2.75, 3.05) is 5.73 Å². The van der Waals surface area contributed by atoms with Crippen molar-refractivity contribution in [3.05, 3.63) is 28.2 Å². The first-order valence-corrected chi connectivity index (χ1v) is 7.35. The van der Waals surface area contributed by atoms with Gasteiger partial charge in [-0.25, -0.2) is 4.79 Å². The predicted molar refractivity (Wildman–Crippen MR) is 79.5 cm³/mol. The summed E-state index contributed by atoms with van der Waals surface area (Å²) in [4.78, 5) is 23.8. The zero-order valence-corrected chi connectivity index (χ0v) is 12.6. The van der Waals surface area contributed by atoms with Gasteiger partial charge in [-0.2, -0.15) is 0 Å². The van der Waals surface area contributed by atoms with Crippen molar-refractivity contribution >= 4 is 33.5 Å². The summed E-state index contributed by atoms with van der Waals surface area (Å²) in [6.07, 6.45) is 3.58. The molecule has 5 nitrogen and oxygen atoms in total.